The molecular formula is C11H15NO3. The molecule has 1 saturated heterocycles. The van der Waals surface area contributed by atoms with Gasteiger partial charge >= 0.3 is 0 Å². The van der Waals surface area contributed by atoms with Crippen LogP contribution in [0.5, 0.6) is 0 Å². The van der Waals surface area contributed by atoms with Crippen LogP contribution in [0.15, 0.2) is 0 Å². The number of amides is 2. The number of carbonyl (C=O) groups excluding carboxylic acids is 3. The molecule has 2 amide bonds. The Morgan fingerprint density at radius 2 is 1.67 bits per heavy atom. The fraction of sp³-hybridized carbons (Fsp3) is 0.727. The number of fused-ring (bicyclic) bond motifs is 1. The lowest BCUT2D eigenvalue weighted by molar-refractivity contribution is -0.142. The second-order valence-corrected chi connectivity index (χ2v) is 4.46. The Labute approximate surface area is 88.6 Å². The Bertz CT molecular complexity index is 300. The minimum absolute atomic E-state index is 0.0370. The predicted octanol–water partition coefficient (Wildman–Crippen LogP) is 0.751. The molecule has 0 aromatic heterocycles. The van der Waals surface area contributed by atoms with Gasteiger partial charge in [-0.2, -0.15) is 0 Å². The zero-order valence-corrected chi connectivity index (χ0v) is 8.86. The van der Waals surface area contributed by atoms with E-state index in [2.05, 4.69) is 0 Å². The van der Waals surface area contributed by atoms with Crippen LogP contribution in [0.1, 0.15) is 32.6 Å². The van der Waals surface area contributed by atoms with Crippen LogP contribution in [0.25, 0.3) is 0 Å². The van der Waals surface area contributed by atoms with Crippen molar-refractivity contribution in [2.75, 3.05) is 6.54 Å². The first-order valence-electron chi connectivity index (χ1n) is 5.46. The third-order valence-corrected chi connectivity index (χ3v) is 3.31. The van der Waals surface area contributed by atoms with Gasteiger partial charge in [0.25, 0.3) is 0 Å². The highest BCUT2D eigenvalue weighted by atomic mass is 16.2. The monoisotopic (exact) mass is 209 g/mol. The Morgan fingerprint density at radius 1 is 1.20 bits per heavy atom. The maximum Gasteiger partial charge on any atom is 0.233 e. The van der Waals surface area contributed by atoms with Gasteiger partial charge in [0, 0.05) is 0 Å². The number of carbonyl (C=O) groups is 3. The predicted molar refractivity (Wildman–Crippen MR) is 52.8 cm³/mol. The summed E-state index contributed by atoms with van der Waals surface area (Å²) in [5.74, 6) is -0.647. The molecule has 82 valence electrons. The van der Waals surface area contributed by atoms with E-state index in [9.17, 15) is 14.4 Å². The molecule has 0 bridgehead atoms. The van der Waals surface area contributed by atoms with E-state index < -0.39 is 0 Å². The molecule has 0 radical (unpaired) electrons. The van der Waals surface area contributed by atoms with Crippen LogP contribution < -0.4 is 0 Å². The molecule has 1 aliphatic heterocycles. The second-order valence-electron chi connectivity index (χ2n) is 4.46. The molecule has 2 fully saturated rings. The quantitative estimate of drug-likeness (QED) is 0.631. The lowest BCUT2D eigenvalue weighted by atomic mass is 9.81. The standard InChI is InChI=1S/C11H15NO3/c1-7(13)6-12-10(14)8-4-2-3-5-9(8)11(12)15/h8-9H,2-6H2,1H3/t8-,9-/m1/s1. The normalized spacial score (nSPS) is 30.6. The van der Waals surface area contributed by atoms with Gasteiger partial charge in [-0.25, -0.2) is 0 Å². The Kier molecular flexibility index (Phi) is 2.59. The number of likely N-dealkylation sites (tertiary alicyclic amines) is 1. The summed E-state index contributed by atoms with van der Waals surface area (Å²) in [6, 6.07) is 0. The summed E-state index contributed by atoms with van der Waals surface area (Å²) in [6.45, 7) is 1.37. The summed E-state index contributed by atoms with van der Waals surface area (Å²) in [5, 5.41) is 0. The first kappa shape index (κ1) is 10.3. The van der Waals surface area contributed by atoms with E-state index in [0.717, 1.165) is 30.6 Å². The number of imide groups is 1. The van der Waals surface area contributed by atoms with Crippen molar-refractivity contribution in [1.82, 2.24) is 4.90 Å². The minimum Gasteiger partial charge on any atom is -0.298 e. The molecule has 2 atom stereocenters. The van der Waals surface area contributed by atoms with E-state index in [4.69, 9.17) is 0 Å². The highest BCUT2D eigenvalue weighted by molar-refractivity contribution is 6.07. The van der Waals surface area contributed by atoms with Crippen molar-refractivity contribution >= 4 is 17.6 Å². The van der Waals surface area contributed by atoms with Crippen LogP contribution in [0.4, 0.5) is 0 Å². The Hall–Kier alpha value is -1.19. The molecule has 15 heavy (non-hydrogen) atoms. The van der Waals surface area contributed by atoms with Crippen LogP contribution in [0.3, 0.4) is 0 Å². The molecule has 0 N–H and O–H groups in total. The molecule has 1 saturated carbocycles. The van der Waals surface area contributed by atoms with Gasteiger partial charge < -0.3 is 0 Å². The van der Waals surface area contributed by atoms with E-state index in [-0.39, 0.29) is 36.0 Å². The average Bonchev–Trinajstić information content (AvgIpc) is 2.44. The fourth-order valence-electron chi connectivity index (χ4n) is 2.61. The van der Waals surface area contributed by atoms with Crippen LogP contribution >= 0.6 is 0 Å². The molecule has 1 heterocycles. The minimum atomic E-state index is -0.134. The van der Waals surface area contributed by atoms with Crippen LogP contribution in [0.2, 0.25) is 0 Å². The molecule has 4 heteroatoms. The number of hydrogen-bond acceptors (Lipinski definition) is 3. The summed E-state index contributed by atoms with van der Waals surface area (Å²) < 4.78 is 0. The second kappa shape index (κ2) is 3.76. The smallest absolute Gasteiger partial charge is 0.233 e. The summed E-state index contributed by atoms with van der Waals surface area (Å²) in [7, 11) is 0. The van der Waals surface area contributed by atoms with Crippen molar-refractivity contribution in [3.8, 4) is 0 Å². The molecule has 0 aromatic rings. The first-order valence-corrected chi connectivity index (χ1v) is 5.46. The van der Waals surface area contributed by atoms with Crippen molar-refractivity contribution in [3.05, 3.63) is 0 Å². The summed E-state index contributed by atoms with van der Waals surface area (Å²) in [5.41, 5.74) is 0. The summed E-state index contributed by atoms with van der Waals surface area (Å²) in [4.78, 5) is 35.8. The summed E-state index contributed by atoms with van der Waals surface area (Å²) in [6.07, 6.45) is 3.66. The van der Waals surface area contributed by atoms with Crippen LogP contribution in [0, 0.1) is 11.8 Å². The molecule has 0 aromatic carbocycles. The third-order valence-electron chi connectivity index (χ3n) is 3.31. The lowest BCUT2D eigenvalue weighted by Crippen LogP contribution is -2.35. The maximum atomic E-state index is 11.8. The molecule has 0 spiro atoms. The van der Waals surface area contributed by atoms with Gasteiger partial charge in [-0.15, -0.1) is 0 Å². The molecule has 0 unspecified atom stereocenters. The average molecular weight is 209 g/mol. The SMILES string of the molecule is CC(=O)CN1C(=O)[C@@H]2CCCC[C@H]2C1=O. The zero-order valence-electron chi connectivity index (χ0n) is 8.86. The maximum absolute atomic E-state index is 11.8. The molecule has 4 nitrogen and oxygen atoms in total. The Morgan fingerprint density at radius 3 is 2.07 bits per heavy atom. The number of nitrogens with zero attached hydrogens (tertiary/aromatic N) is 1. The van der Waals surface area contributed by atoms with Crippen molar-refractivity contribution in [1.29, 1.82) is 0 Å². The van der Waals surface area contributed by atoms with Crippen molar-refractivity contribution in [2.45, 2.75) is 32.6 Å². The Balaban J connectivity index is 2.17. The highest BCUT2D eigenvalue weighted by Gasteiger charge is 2.48. The van der Waals surface area contributed by atoms with Crippen molar-refractivity contribution in [3.63, 3.8) is 0 Å². The third kappa shape index (κ3) is 1.68. The largest absolute Gasteiger partial charge is 0.298 e. The zero-order chi connectivity index (χ0) is 11.0. The highest BCUT2D eigenvalue weighted by Crippen LogP contribution is 2.37. The number of Topliss-reactive ketones (excluding diaryl/α,β-unsaturated/α-hetero) is 1. The molecule has 1 aliphatic carbocycles. The van der Waals surface area contributed by atoms with Gasteiger partial charge in [-0.05, 0) is 19.8 Å². The van der Waals surface area contributed by atoms with E-state index in [1.54, 1.807) is 0 Å². The van der Waals surface area contributed by atoms with E-state index in [0.29, 0.717) is 0 Å². The topological polar surface area (TPSA) is 54.5 Å². The summed E-state index contributed by atoms with van der Waals surface area (Å²) >= 11 is 0. The molecular weight excluding hydrogens is 194 g/mol. The van der Waals surface area contributed by atoms with Crippen molar-refractivity contribution in [2.24, 2.45) is 11.8 Å². The van der Waals surface area contributed by atoms with E-state index in [1.807, 2.05) is 0 Å². The molecule has 2 aliphatic rings. The van der Waals surface area contributed by atoms with Gasteiger partial charge in [-0.3, -0.25) is 19.3 Å². The fourth-order valence-corrected chi connectivity index (χ4v) is 2.61. The number of rotatable bonds is 2. The van der Waals surface area contributed by atoms with Gasteiger partial charge in [0.15, 0.2) is 0 Å². The molecule has 2 rings (SSSR count). The lowest BCUT2D eigenvalue weighted by Gasteiger charge is -2.19. The van der Waals surface area contributed by atoms with Crippen molar-refractivity contribution < 1.29 is 14.4 Å². The van der Waals surface area contributed by atoms with E-state index in [1.165, 1.54) is 6.92 Å². The van der Waals surface area contributed by atoms with Gasteiger partial charge in [0.2, 0.25) is 11.8 Å². The van der Waals surface area contributed by atoms with Gasteiger partial charge in [0.1, 0.15) is 5.78 Å². The van der Waals surface area contributed by atoms with Gasteiger partial charge in [0.05, 0.1) is 18.4 Å². The van der Waals surface area contributed by atoms with E-state index >= 15 is 0 Å². The van der Waals surface area contributed by atoms with Gasteiger partial charge in [-0.1, -0.05) is 12.8 Å². The van der Waals surface area contributed by atoms with Crippen LogP contribution in [-0.4, -0.2) is 29.0 Å². The first-order chi connectivity index (χ1) is 7.11. The number of hydrogen-bond donors (Lipinski definition) is 0. The number of ketones is 1. The van der Waals surface area contributed by atoms with Crippen LogP contribution in [-0.2, 0) is 14.4 Å².